The summed E-state index contributed by atoms with van der Waals surface area (Å²) >= 11 is 0. The van der Waals surface area contributed by atoms with Gasteiger partial charge in [-0.3, -0.25) is 0 Å². The summed E-state index contributed by atoms with van der Waals surface area (Å²) in [5.41, 5.74) is 0.998. The van der Waals surface area contributed by atoms with Crippen molar-refractivity contribution in [1.82, 2.24) is 0 Å². The molecule has 20 heavy (non-hydrogen) atoms. The van der Waals surface area contributed by atoms with Gasteiger partial charge in [0.15, 0.2) is 0 Å². The highest BCUT2D eigenvalue weighted by Crippen LogP contribution is 2.54. The standard InChI is InChI=1S/C18H30O2/c1-13(7-5-11-17(2,3)20)14-9-10-15-16(19)8-6-12-18(14,15)4/h5,9,11,13,15-16,19-20H,6-8,10,12H2,1-4H3/b11-5-. The maximum absolute atomic E-state index is 10.2. The molecule has 2 rings (SSSR count). The third-order valence-corrected chi connectivity index (χ3v) is 5.28. The molecular weight excluding hydrogens is 248 g/mol. The van der Waals surface area contributed by atoms with Crippen LogP contribution < -0.4 is 0 Å². The lowest BCUT2D eigenvalue weighted by atomic mass is 9.63. The lowest BCUT2D eigenvalue weighted by molar-refractivity contribution is 0.00804. The molecule has 0 radical (unpaired) electrons. The summed E-state index contributed by atoms with van der Waals surface area (Å²) in [6.07, 6.45) is 11.5. The number of aliphatic hydroxyl groups excluding tert-OH is 1. The molecule has 2 nitrogen and oxygen atoms in total. The van der Waals surface area contributed by atoms with E-state index in [1.165, 1.54) is 12.0 Å². The Labute approximate surface area is 123 Å². The van der Waals surface area contributed by atoms with Crippen molar-refractivity contribution in [3.63, 3.8) is 0 Å². The predicted molar refractivity (Wildman–Crippen MR) is 83.4 cm³/mol. The van der Waals surface area contributed by atoms with E-state index >= 15 is 0 Å². The smallest absolute Gasteiger partial charge is 0.0771 e. The second-order valence-corrected chi connectivity index (χ2v) is 7.57. The van der Waals surface area contributed by atoms with Gasteiger partial charge in [-0.1, -0.05) is 37.6 Å². The highest BCUT2D eigenvalue weighted by atomic mass is 16.3. The first kappa shape index (κ1) is 15.8. The Hall–Kier alpha value is -0.600. The molecule has 0 aromatic rings. The molecule has 0 amide bonds. The SMILES string of the molecule is CC(C/C=C\C(C)(C)O)C1=CCC2C(O)CCCC12C. The van der Waals surface area contributed by atoms with Crippen LogP contribution >= 0.6 is 0 Å². The van der Waals surface area contributed by atoms with Crippen LogP contribution in [0.5, 0.6) is 0 Å². The van der Waals surface area contributed by atoms with Crippen LogP contribution in [-0.2, 0) is 0 Å². The van der Waals surface area contributed by atoms with Crippen molar-refractivity contribution in [1.29, 1.82) is 0 Å². The van der Waals surface area contributed by atoms with Crippen LogP contribution in [0, 0.1) is 17.3 Å². The Bertz CT molecular complexity index is 402. The molecule has 0 bridgehead atoms. The molecule has 2 heteroatoms. The number of hydrogen-bond acceptors (Lipinski definition) is 2. The average Bonchev–Trinajstić information content (AvgIpc) is 2.66. The Morgan fingerprint density at radius 1 is 1.50 bits per heavy atom. The van der Waals surface area contributed by atoms with Gasteiger partial charge >= 0.3 is 0 Å². The van der Waals surface area contributed by atoms with Gasteiger partial charge in [-0.05, 0) is 63.2 Å². The monoisotopic (exact) mass is 278 g/mol. The fraction of sp³-hybridized carbons (Fsp3) is 0.778. The first-order valence-corrected chi connectivity index (χ1v) is 8.03. The average molecular weight is 278 g/mol. The van der Waals surface area contributed by atoms with Gasteiger partial charge < -0.3 is 10.2 Å². The second kappa shape index (κ2) is 5.65. The number of hydrogen-bond donors (Lipinski definition) is 2. The van der Waals surface area contributed by atoms with Gasteiger partial charge in [0.25, 0.3) is 0 Å². The fourth-order valence-electron chi connectivity index (χ4n) is 4.20. The summed E-state index contributed by atoms with van der Waals surface area (Å²) in [4.78, 5) is 0. The van der Waals surface area contributed by atoms with Crippen LogP contribution in [0.25, 0.3) is 0 Å². The molecule has 0 heterocycles. The maximum atomic E-state index is 10.2. The van der Waals surface area contributed by atoms with E-state index in [1.807, 2.05) is 6.08 Å². The molecule has 0 aromatic heterocycles. The van der Waals surface area contributed by atoms with Crippen LogP contribution in [0.1, 0.15) is 59.8 Å². The normalized spacial score (nSPS) is 36.0. The van der Waals surface area contributed by atoms with Gasteiger partial charge in [0, 0.05) is 0 Å². The van der Waals surface area contributed by atoms with Crippen molar-refractivity contribution < 1.29 is 10.2 Å². The minimum atomic E-state index is -0.725. The fourth-order valence-corrected chi connectivity index (χ4v) is 4.20. The van der Waals surface area contributed by atoms with Gasteiger partial charge in [0.2, 0.25) is 0 Å². The van der Waals surface area contributed by atoms with E-state index in [-0.39, 0.29) is 11.5 Å². The first-order chi connectivity index (χ1) is 9.24. The van der Waals surface area contributed by atoms with Crippen LogP contribution in [0.4, 0.5) is 0 Å². The largest absolute Gasteiger partial charge is 0.393 e. The van der Waals surface area contributed by atoms with Crippen LogP contribution in [0.3, 0.4) is 0 Å². The summed E-state index contributed by atoms with van der Waals surface area (Å²) < 4.78 is 0. The Kier molecular flexibility index (Phi) is 4.46. The summed E-state index contributed by atoms with van der Waals surface area (Å²) in [5.74, 6) is 0.917. The van der Waals surface area contributed by atoms with E-state index in [2.05, 4.69) is 26.0 Å². The minimum absolute atomic E-state index is 0.124. The third-order valence-electron chi connectivity index (χ3n) is 5.28. The quantitative estimate of drug-likeness (QED) is 0.767. The van der Waals surface area contributed by atoms with Crippen molar-refractivity contribution in [2.24, 2.45) is 17.3 Å². The second-order valence-electron chi connectivity index (χ2n) is 7.57. The molecule has 0 spiro atoms. The van der Waals surface area contributed by atoms with Crippen molar-refractivity contribution in [3.05, 3.63) is 23.8 Å². The lowest BCUT2D eigenvalue weighted by Crippen LogP contribution is -2.39. The van der Waals surface area contributed by atoms with Gasteiger partial charge in [-0.2, -0.15) is 0 Å². The zero-order chi connectivity index (χ0) is 15.0. The zero-order valence-electron chi connectivity index (χ0n) is 13.4. The molecule has 2 aliphatic carbocycles. The predicted octanol–water partition coefficient (Wildman–Crippen LogP) is 3.84. The molecular formula is C18H30O2. The van der Waals surface area contributed by atoms with E-state index in [0.717, 1.165) is 25.7 Å². The molecule has 4 unspecified atom stereocenters. The van der Waals surface area contributed by atoms with Crippen molar-refractivity contribution >= 4 is 0 Å². The summed E-state index contributed by atoms with van der Waals surface area (Å²) in [6.45, 7) is 8.22. The minimum Gasteiger partial charge on any atom is -0.393 e. The van der Waals surface area contributed by atoms with Gasteiger partial charge in [-0.25, -0.2) is 0 Å². The number of aliphatic hydroxyl groups is 2. The van der Waals surface area contributed by atoms with E-state index in [9.17, 15) is 10.2 Å². The lowest BCUT2D eigenvalue weighted by Gasteiger charge is -2.43. The zero-order valence-corrected chi connectivity index (χ0v) is 13.4. The number of rotatable bonds is 4. The summed E-state index contributed by atoms with van der Waals surface area (Å²) in [5, 5.41) is 20.0. The first-order valence-electron chi connectivity index (χ1n) is 8.03. The molecule has 1 saturated carbocycles. The van der Waals surface area contributed by atoms with E-state index < -0.39 is 5.60 Å². The van der Waals surface area contributed by atoms with Crippen LogP contribution in [0.15, 0.2) is 23.8 Å². The van der Waals surface area contributed by atoms with Crippen LogP contribution in [-0.4, -0.2) is 21.9 Å². The number of allylic oxidation sites excluding steroid dienone is 3. The molecule has 0 aromatic carbocycles. The van der Waals surface area contributed by atoms with Crippen molar-refractivity contribution in [3.8, 4) is 0 Å². The van der Waals surface area contributed by atoms with Gasteiger partial charge in [0.05, 0.1) is 11.7 Å². The van der Waals surface area contributed by atoms with E-state index in [1.54, 1.807) is 13.8 Å². The Morgan fingerprint density at radius 2 is 2.20 bits per heavy atom. The van der Waals surface area contributed by atoms with Gasteiger partial charge in [-0.15, -0.1) is 0 Å². The third kappa shape index (κ3) is 3.17. The Balaban J connectivity index is 2.04. The highest BCUT2D eigenvalue weighted by Gasteiger charge is 2.47. The highest BCUT2D eigenvalue weighted by molar-refractivity contribution is 5.26. The topological polar surface area (TPSA) is 40.5 Å². The molecule has 114 valence electrons. The molecule has 0 aliphatic heterocycles. The van der Waals surface area contributed by atoms with E-state index in [4.69, 9.17) is 0 Å². The molecule has 2 N–H and O–H groups in total. The number of fused-ring (bicyclic) bond motifs is 1. The van der Waals surface area contributed by atoms with E-state index in [0.29, 0.717) is 11.8 Å². The molecule has 1 fully saturated rings. The van der Waals surface area contributed by atoms with Crippen molar-refractivity contribution in [2.45, 2.75) is 71.5 Å². The maximum Gasteiger partial charge on any atom is 0.0771 e. The molecule has 2 aliphatic rings. The summed E-state index contributed by atoms with van der Waals surface area (Å²) in [7, 11) is 0. The summed E-state index contributed by atoms with van der Waals surface area (Å²) in [6, 6.07) is 0. The molecule has 4 atom stereocenters. The van der Waals surface area contributed by atoms with Crippen molar-refractivity contribution in [2.75, 3.05) is 0 Å². The van der Waals surface area contributed by atoms with Gasteiger partial charge in [0.1, 0.15) is 0 Å². The molecule has 0 saturated heterocycles. The Morgan fingerprint density at radius 3 is 2.85 bits per heavy atom. The van der Waals surface area contributed by atoms with Crippen LogP contribution in [0.2, 0.25) is 0 Å².